The molecule has 2 fully saturated rings. The van der Waals surface area contributed by atoms with Crippen LogP contribution in [-0.2, 0) is 19.8 Å². The van der Waals surface area contributed by atoms with Crippen molar-refractivity contribution in [3.05, 3.63) is 48.0 Å². The highest BCUT2D eigenvalue weighted by Gasteiger charge is 2.48. The fourth-order valence-electron chi connectivity index (χ4n) is 5.45. The van der Waals surface area contributed by atoms with Crippen LogP contribution in [0.3, 0.4) is 0 Å². The van der Waals surface area contributed by atoms with Crippen LogP contribution in [0, 0.1) is 0 Å². The minimum atomic E-state index is -1.05. The lowest BCUT2D eigenvalue weighted by atomic mass is 9.73. The topological polar surface area (TPSA) is 70.0 Å². The summed E-state index contributed by atoms with van der Waals surface area (Å²) < 4.78 is 0. The number of aliphatic imine (C=N–C) groups is 1. The van der Waals surface area contributed by atoms with Crippen LogP contribution in [-0.4, -0.2) is 59.4 Å². The van der Waals surface area contributed by atoms with E-state index in [1.54, 1.807) is 11.9 Å². The molecule has 5 rings (SSSR count). The molecule has 2 amide bonds. The zero-order chi connectivity index (χ0) is 20.9. The molecule has 3 aliphatic rings. The highest BCUT2D eigenvalue weighted by molar-refractivity contribution is 6.45. The van der Waals surface area contributed by atoms with Gasteiger partial charge >= 0.3 is 5.91 Å². The van der Waals surface area contributed by atoms with E-state index in [-0.39, 0.29) is 11.3 Å². The fourth-order valence-corrected chi connectivity index (χ4v) is 5.45. The number of hydrogen-bond acceptors (Lipinski definition) is 4. The summed E-state index contributed by atoms with van der Waals surface area (Å²) in [6, 6.07) is 13.7. The summed E-state index contributed by atoms with van der Waals surface area (Å²) in [6.07, 6.45) is 4.83. The van der Waals surface area contributed by atoms with Crippen molar-refractivity contribution >= 4 is 34.2 Å². The normalized spacial score (nSPS) is 23.7. The van der Waals surface area contributed by atoms with Crippen molar-refractivity contribution in [3.63, 3.8) is 0 Å². The Hall–Kier alpha value is -3.02. The molecule has 0 bridgehead atoms. The number of benzene rings is 2. The van der Waals surface area contributed by atoms with E-state index in [9.17, 15) is 14.4 Å². The molecule has 1 saturated heterocycles. The Morgan fingerprint density at radius 1 is 1.00 bits per heavy atom. The van der Waals surface area contributed by atoms with Gasteiger partial charge in [0.25, 0.3) is 11.7 Å². The van der Waals surface area contributed by atoms with E-state index in [1.807, 2.05) is 6.07 Å². The molecule has 30 heavy (non-hydrogen) atoms. The number of Topliss-reactive ketones (excluding diaryl/α,β-unsaturated/α-hetero) is 1. The Morgan fingerprint density at radius 2 is 1.73 bits per heavy atom. The maximum atomic E-state index is 12.7. The van der Waals surface area contributed by atoms with Crippen molar-refractivity contribution in [2.75, 3.05) is 20.1 Å². The molecule has 2 aromatic rings. The first-order valence-corrected chi connectivity index (χ1v) is 10.7. The smallest absolute Gasteiger partial charge is 0.317 e. The molecule has 0 spiro atoms. The molecule has 6 nitrogen and oxygen atoms in total. The number of fused-ring (bicyclic) bond motifs is 2. The molecule has 0 aromatic heterocycles. The predicted octanol–water partition coefficient (Wildman–Crippen LogP) is 2.69. The molecule has 2 heterocycles. The average molecular weight is 403 g/mol. The first-order valence-electron chi connectivity index (χ1n) is 10.7. The third kappa shape index (κ3) is 2.85. The number of likely N-dealkylation sites (N-methyl/N-ethyl adjacent to an activating group) is 1. The van der Waals surface area contributed by atoms with Gasteiger partial charge in [-0.15, -0.1) is 0 Å². The van der Waals surface area contributed by atoms with E-state index >= 15 is 0 Å². The van der Waals surface area contributed by atoms with Gasteiger partial charge in [-0.1, -0.05) is 55.3 Å². The Morgan fingerprint density at radius 3 is 2.53 bits per heavy atom. The van der Waals surface area contributed by atoms with Crippen LogP contribution in [0.25, 0.3) is 10.8 Å². The molecule has 2 aliphatic heterocycles. The summed E-state index contributed by atoms with van der Waals surface area (Å²) >= 11 is 0. The molecule has 0 radical (unpaired) electrons. The second kappa shape index (κ2) is 7.04. The summed E-state index contributed by atoms with van der Waals surface area (Å²) in [4.78, 5) is 45.1. The van der Waals surface area contributed by atoms with Crippen molar-refractivity contribution in [3.8, 4) is 0 Å². The molecular formula is C24H25N3O3. The van der Waals surface area contributed by atoms with Gasteiger partial charge in [0, 0.05) is 32.0 Å². The third-order valence-corrected chi connectivity index (χ3v) is 7.04. The fraction of sp³-hybridized carbons (Fsp3) is 0.417. The zero-order valence-electron chi connectivity index (χ0n) is 17.1. The number of ketones is 1. The molecule has 1 aliphatic carbocycles. The van der Waals surface area contributed by atoms with Gasteiger partial charge in [0.15, 0.2) is 6.04 Å². The van der Waals surface area contributed by atoms with E-state index in [0.29, 0.717) is 25.3 Å². The minimum absolute atomic E-state index is 0.142. The third-order valence-electron chi connectivity index (χ3n) is 7.04. The first kappa shape index (κ1) is 19.0. The monoisotopic (exact) mass is 403 g/mol. The van der Waals surface area contributed by atoms with Crippen molar-refractivity contribution < 1.29 is 14.4 Å². The molecule has 6 heteroatoms. The Balaban J connectivity index is 1.58. The number of piperazine rings is 1. The van der Waals surface area contributed by atoms with E-state index in [1.165, 1.54) is 21.2 Å². The standard InChI is InChI=1S/C24H25N3O3/c1-26-13-14-27-19(25-22(29)21(28)20(27)23(26)30)15-24(11-4-5-12-24)18-10-6-8-16-7-2-3-9-17(16)18/h2-3,6-10,20H,4-5,11-15H2,1H3. The Labute approximate surface area is 175 Å². The van der Waals surface area contributed by atoms with Gasteiger partial charge in [-0.05, 0) is 29.2 Å². The Kier molecular flexibility index (Phi) is 4.45. The van der Waals surface area contributed by atoms with Crippen LogP contribution in [0.15, 0.2) is 47.5 Å². The number of nitrogens with zero attached hydrogens (tertiary/aromatic N) is 3. The van der Waals surface area contributed by atoms with E-state index in [0.717, 1.165) is 25.7 Å². The van der Waals surface area contributed by atoms with Crippen LogP contribution >= 0.6 is 0 Å². The van der Waals surface area contributed by atoms with Crippen LogP contribution in [0.1, 0.15) is 37.7 Å². The molecule has 2 aromatic carbocycles. The molecule has 154 valence electrons. The minimum Gasteiger partial charge on any atom is -0.342 e. The number of hydrogen-bond donors (Lipinski definition) is 0. The van der Waals surface area contributed by atoms with Gasteiger partial charge in [0.1, 0.15) is 5.84 Å². The number of amidine groups is 1. The second-order valence-electron chi connectivity index (χ2n) is 8.74. The average Bonchev–Trinajstić information content (AvgIpc) is 3.23. The summed E-state index contributed by atoms with van der Waals surface area (Å²) in [6.45, 7) is 1.05. The number of amides is 2. The first-order chi connectivity index (χ1) is 14.5. The van der Waals surface area contributed by atoms with Crippen molar-refractivity contribution in [1.82, 2.24) is 9.80 Å². The summed E-state index contributed by atoms with van der Waals surface area (Å²) in [7, 11) is 1.68. The molecule has 1 unspecified atom stereocenters. The van der Waals surface area contributed by atoms with Crippen molar-refractivity contribution in [2.45, 2.75) is 43.6 Å². The van der Waals surface area contributed by atoms with Gasteiger partial charge < -0.3 is 9.80 Å². The lowest BCUT2D eigenvalue weighted by Crippen LogP contribution is -2.64. The van der Waals surface area contributed by atoms with Gasteiger partial charge in [0.05, 0.1) is 0 Å². The highest BCUT2D eigenvalue weighted by atomic mass is 16.2. The van der Waals surface area contributed by atoms with Crippen molar-refractivity contribution in [2.24, 2.45) is 4.99 Å². The quantitative estimate of drug-likeness (QED) is 0.584. The van der Waals surface area contributed by atoms with E-state index < -0.39 is 17.7 Å². The van der Waals surface area contributed by atoms with Crippen LogP contribution < -0.4 is 0 Å². The lowest BCUT2D eigenvalue weighted by molar-refractivity contribution is -0.149. The Bertz CT molecular complexity index is 1080. The van der Waals surface area contributed by atoms with Crippen molar-refractivity contribution in [1.29, 1.82) is 0 Å². The SMILES string of the molecule is CN1CCN2C(CC3(c4cccc5ccccc45)CCCC3)=NC(=O)C(=O)C2C1=O. The van der Waals surface area contributed by atoms with E-state index in [4.69, 9.17) is 0 Å². The maximum absolute atomic E-state index is 12.7. The van der Waals surface area contributed by atoms with Gasteiger partial charge in [-0.2, -0.15) is 4.99 Å². The van der Waals surface area contributed by atoms with E-state index in [2.05, 4.69) is 41.4 Å². The molecule has 1 saturated carbocycles. The molecular weight excluding hydrogens is 378 g/mol. The van der Waals surface area contributed by atoms with Crippen LogP contribution in [0.5, 0.6) is 0 Å². The summed E-state index contributed by atoms with van der Waals surface area (Å²) in [5.41, 5.74) is 1.14. The number of carbonyl (C=O) groups is 3. The summed E-state index contributed by atoms with van der Waals surface area (Å²) in [5.74, 6) is -1.21. The largest absolute Gasteiger partial charge is 0.342 e. The maximum Gasteiger partial charge on any atom is 0.317 e. The predicted molar refractivity (Wildman–Crippen MR) is 114 cm³/mol. The van der Waals surface area contributed by atoms with Gasteiger partial charge in [-0.25, -0.2) is 0 Å². The van der Waals surface area contributed by atoms with Crippen LogP contribution in [0.4, 0.5) is 0 Å². The molecule has 0 N–H and O–H groups in total. The van der Waals surface area contributed by atoms with Gasteiger partial charge in [0.2, 0.25) is 0 Å². The van der Waals surface area contributed by atoms with Gasteiger partial charge in [-0.3, -0.25) is 14.4 Å². The molecule has 1 atom stereocenters. The van der Waals surface area contributed by atoms with Crippen LogP contribution in [0.2, 0.25) is 0 Å². The highest BCUT2D eigenvalue weighted by Crippen LogP contribution is 2.47. The second-order valence-corrected chi connectivity index (χ2v) is 8.74. The number of carbonyl (C=O) groups excluding carboxylic acids is 3. The summed E-state index contributed by atoms with van der Waals surface area (Å²) in [5, 5.41) is 2.43. The number of rotatable bonds is 3. The zero-order valence-corrected chi connectivity index (χ0v) is 17.1. The lowest BCUT2D eigenvalue weighted by Gasteiger charge is -2.43.